The summed E-state index contributed by atoms with van der Waals surface area (Å²) in [5.41, 5.74) is 2.66. The summed E-state index contributed by atoms with van der Waals surface area (Å²) >= 11 is 0. The molecule has 2 aliphatic heterocycles. The molecule has 1 aromatic heterocycles. The molecule has 2 unspecified atom stereocenters. The van der Waals surface area contributed by atoms with Gasteiger partial charge in [0.15, 0.2) is 0 Å². The molecule has 0 bridgehead atoms. The van der Waals surface area contributed by atoms with Gasteiger partial charge < -0.3 is 14.7 Å². The van der Waals surface area contributed by atoms with Crippen LogP contribution >= 0.6 is 0 Å². The number of carbonyl (C=O) groups excluding carboxylic acids is 1. The van der Waals surface area contributed by atoms with Crippen LogP contribution in [-0.4, -0.2) is 47.8 Å². The van der Waals surface area contributed by atoms with E-state index >= 15 is 0 Å². The quantitative estimate of drug-likeness (QED) is 0.542. The third-order valence-corrected chi connectivity index (χ3v) is 7.54. The third-order valence-electron chi connectivity index (χ3n) is 7.54. The predicted octanol–water partition coefficient (Wildman–Crippen LogP) is 5.09. The lowest BCUT2D eigenvalue weighted by Crippen LogP contribution is -2.63. The highest BCUT2D eigenvalue weighted by Crippen LogP contribution is 2.50. The van der Waals surface area contributed by atoms with Gasteiger partial charge in [-0.3, -0.25) is 9.88 Å². The zero-order valence-corrected chi connectivity index (χ0v) is 20.8. The zero-order valence-electron chi connectivity index (χ0n) is 20.8. The lowest BCUT2D eigenvalue weighted by atomic mass is 9.62. The van der Waals surface area contributed by atoms with Gasteiger partial charge in [-0.15, -0.1) is 0 Å². The molecule has 1 N–H and O–H groups in total. The molecule has 0 saturated carbocycles. The van der Waals surface area contributed by atoms with Crippen LogP contribution in [-0.2, 0) is 10.3 Å². The number of hydrogen-bond acceptors (Lipinski definition) is 5. The van der Waals surface area contributed by atoms with Crippen molar-refractivity contribution in [3.63, 3.8) is 0 Å². The second kappa shape index (κ2) is 8.77. The number of rotatable bonds is 6. The Kier molecular flexibility index (Phi) is 5.90. The number of aromatic nitrogens is 1. The van der Waals surface area contributed by atoms with Crippen LogP contribution < -0.4 is 4.90 Å². The molecule has 2 saturated heterocycles. The Morgan fingerprint density at radius 1 is 1.06 bits per heavy atom. The van der Waals surface area contributed by atoms with Gasteiger partial charge in [0.05, 0.1) is 18.4 Å². The van der Waals surface area contributed by atoms with Crippen LogP contribution in [0, 0.1) is 5.41 Å². The van der Waals surface area contributed by atoms with Crippen molar-refractivity contribution in [1.82, 2.24) is 9.88 Å². The molecular formula is C29H33N3O3. The number of amides is 1. The van der Waals surface area contributed by atoms with E-state index in [0.29, 0.717) is 23.7 Å². The van der Waals surface area contributed by atoms with Crippen molar-refractivity contribution < 1.29 is 14.6 Å². The molecule has 2 atom stereocenters. The van der Waals surface area contributed by atoms with Gasteiger partial charge in [0.1, 0.15) is 11.7 Å². The van der Waals surface area contributed by atoms with E-state index in [-0.39, 0.29) is 6.10 Å². The maximum atomic E-state index is 12.8. The maximum absolute atomic E-state index is 12.8. The molecule has 3 aromatic rings. The largest absolute Gasteiger partial charge is 0.439 e. The van der Waals surface area contributed by atoms with Gasteiger partial charge >= 0.3 is 6.09 Å². The molecule has 5 rings (SSSR count). The van der Waals surface area contributed by atoms with Crippen molar-refractivity contribution in [2.45, 2.75) is 38.4 Å². The number of ether oxygens (including phenoxy) is 1. The van der Waals surface area contributed by atoms with Crippen molar-refractivity contribution in [3.8, 4) is 0 Å². The number of hydrogen-bond donors (Lipinski definition) is 1. The number of cyclic esters (lactones) is 1. The Morgan fingerprint density at radius 3 is 2.37 bits per heavy atom. The van der Waals surface area contributed by atoms with Gasteiger partial charge in [-0.1, -0.05) is 75.4 Å². The lowest BCUT2D eigenvalue weighted by Gasteiger charge is -2.56. The summed E-state index contributed by atoms with van der Waals surface area (Å²) in [5.74, 6) is 0.409. The minimum absolute atomic E-state index is 0.340. The summed E-state index contributed by atoms with van der Waals surface area (Å²) in [4.78, 5) is 21.1. The van der Waals surface area contributed by atoms with Crippen LogP contribution in [0.25, 0.3) is 0 Å². The molecule has 3 heterocycles. The van der Waals surface area contributed by atoms with Gasteiger partial charge in [-0.2, -0.15) is 0 Å². The molecule has 2 aliphatic rings. The summed E-state index contributed by atoms with van der Waals surface area (Å²) in [6, 6.07) is 19.9. The first-order chi connectivity index (χ1) is 16.7. The average Bonchev–Trinajstić information content (AvgIpc) is 3.25. The number of nitrogens with zero attached hydrogens (tertiary/aromatic N) is 3. The summed E-state index contributed by atoms with van der Waals surface area (Å²) in [5, 5.41) is 12.4. The second-order valence-electron chi connectivity index (χ2n) is 10.5. The molecule has 2 fully saturated rings. The summed E-state index contributed by atoms with van der Waals surface area (Å²) < 4.78 is 5.66. The zero-order chi connectivity index (χ0) is 24.8. The molecule has 182 valence electrons. The Balaban J connectivity index is 1.52. The highest BCUT2D eigenvalue weighted by atomic mass is 16.6. The number of aliphatic hydroxyl groups is 1. The van der Waals surface area contributed by atoms with Crippen LogP contribution in [0.15, 0.2) is 73.1 Å². The molecular weight excluding hydrogens is 438 g/mol. The van der Waals surface area contributed by atoms with Gasteiger partial charge in [0.25, 0.3) is 0 Å². The summed E-state index contributed by atoms with van der Waals surface area (Å²) in [6.07, 6.45) is 2.64. The first kappa shape index (κ1) is 23.5. The Labute approximate surface area is 207 Å². The van der Waals surface area contributed by atoms with E-state index in [1.54, 1.807) is 17.3 Å². The minimum Gasteiger partial charge on any atom is -0.439 e. The van der Waals surface area contributed by atoms with Crippen molar-refractivity contribution >= 4 is 11.8 Å². The molecule has 0 spiro atoms. The number of anilines is 1. The fourth-order valence-corrected chi connectivity index (χ4v) is 5.63. The van der Waals surface area contributed by atoms with E-state index in [4.69, 9.17) is 4.74 Å². The van der Waals surface area contributed by atoms with Crippen LogP contribution in [0.3, 0.4) is 0 Å². The van der Waals surface area contributed by atoms with Gasteiger partial charge in [-0.25, -0.2) is 4.79 Å². The molecule has 35 heavy (non-hydrogen) atoms. The third kappa shape index (κ3) is 4.01. The van der Waals surface area contributed by atoms with E-state index in [9.17, 15) is 9.90 Å². The molecule has 1 amide bonds. The number of pyridine rings is 1. The molecule has 2 aromatic carbocycles. The number of carbonyl (C=O) groups is 1. The SMILES string of the molecule is CC(C)c1ccc(C(O)(c2cncc(N3CC(c4ccccc4)OC3=O)c2)C2(C)CN(C)C2)cc1. The van der Waals surface area contributed by atoms with Crippen LogP contribution in [0.4, 0.5) is 10.5 Å². The average molecular weight is 472 g/mol. The Bertz CT molecular complexity index is 1210. The van der Waals surface area contributed by atoms with E-state index in [2.05, 4.69) is 49.8 Å². The Hall–Kier alpha value is -3.22. The normalized spacial score (nSPS) is 21.5. The second-order valence-corrected chi connectivity index (χ2v) is 10.5. The van der Waals surface area contributed by atoms with E-state index in [0.717, 1.165) is 24.2 Å². The van der Waals surface area contributed by atoms with Gasteiger partial charge in [0.2, 0.25) is 0 Å². The van der Waals surface area contributed by atoms with Crippen molar-refractivity contribution in [2.24, 2.45) is 5.41 Å². The summed E-state index contributed by atoms with van der Waals surface area (Å²) in [6.45, 7) is 8.34. The molecule has 6 heteroatoms. The fourth-order valence-electron chi connectivity index (χ4n) is 5.63. The van der Waals surface area contributed by atoms with E-state index in [1.807, 2.05) is 48.5 Å². The lowest BCUT2D eigenvalue weighted by molar-refractivity contribution is -0.127. The minimum atomic E-state index is -1.26. The topological polar surface area (TPSA) is 65.9 Å². The Morgan fingerprint density at radius 2 is 1.74 bits per heavy atom. The maximum Gasteiger partial charge on any atom is 0.415 e. The highest BCUT2D eigenvalue weighted by molar-refractivity contribution is 5.89. The van der Waals surface area contributed by atoms with Gasteiger partial charge in [-0.05, 0) is 35.7 Å². The summed E-state index contributed by atoms with van der Waals surface area (Å²) in [7, 11) is 2.06. The van der Waals surface area contributed by atoms with E-state index < -0.39 is 17.1 Å². The number of likely N-dealkylation sites (tertiary alicyclic amines) is 1. The number of benzene rings is 2. The predicted molar refractivity (Wildman–Crippen MR) is 136 cm³/mol. The van der Waals surface area contributed by atoms with Crippen molar-refractivity contribution in [1.29, 1.82) is 0 Å². The van der Waals surface area contributed by atoms with Crippen LogP contribution in [0.5, 0.6) is 0 Å². The first-order valence-corrected chi connectivity index (χ1v) is 12.2. The van der Waals surface area contributed by atoms with Gasteiger partial charge in [0, 0.05) is 30.3 Å². The van der Waals surface area contributed by atoms with Crippen LogP contribution in [0.2, 0.25) is 0 Å². The van der Waals surface area contributed by atoms with Crippen LogP contribution in [0.1, 0.15) is 55.0 Å². The van der Waals surface area contributed by atoms with Crippen molar-refractivity contribution in [3.05, 3.63) is 95.3 Å². The first-order valence-electron chi connectivity index (χ1n) is 12.2. The highest BCUT2D eigenvalue weighted by Gasteiger charge is 2.55. The smallest absolute Gasteiger partial charge is 0.415 e. The monoisotopic (exact) mass is 471 g/mol. The molecule has 6 nitrogen and oxygen atoms in total. The standard InChI is InChI=1S/C29H33N3O3/c1-20(2)21-10-12-23(13-11-21)29(34,28(3)18-31(4)19-28)24-14-25(16-30-15-24)32-17-26(35-27(32)33)22-8-6-5-7-9-22/h5-16,20,26,34H,17-19H2,1-4H3. The fraction of sp³-hybridized carbons (Fsp3) is 0.379. The molecule has 0 aliphatic carbocycles. The van der Waals surface area contributed by atoms with E-state index in [1.165, 1.54) is 5.56 Å². The van der Waals surface area contributed by atoms with Crippen molar-refractivity contribution in [2.75, 3.05) is 31.6 Å². The molecule has 0 radical (unpaired) electrons.